The second kappa shape index (κ2) is 3.83. The van der Waals surface area contributed by atoms with Crippen LogP contribution < -0.4 is 0 Å². The molecule has 0 bridgehead atoms. The van der Waals surface area contributed by atoms with E-state index in [9.17, 15) is 15.0 Å². The Morgan fingerprint density at radius 1 is 1.42 bits per heavy atom. The van der Waals surface area contributed by atoms with Crippen LogP contribution >= 0.6 is 0 Å². The van der Waals surface area contributed by atoms with E-state index >= 15 is 0 Å². The quantitative estimate of drug-likeness (QED) is 0.653. The number of ether oxygens (including phenoxy) is 1. The average Bonchev–Trinajstić information content (AvgIpc) is 2.60. The second-order valence-electron chi connectivity index (χ2n) is 6.69. The van der Waals surface area contributed by atoms with Crippen LogP contribution in [0.25, 0.3) is 0 Å². The van der Waals surface area contributed by atoms with Crippen LogP contribution in [-0.4, -0.2) is 34.0 Å². The molecule has 0 spiro atoms. The highest BCUT2D eigenvalue weighted by Crippen LogP contribution is 2.58. The highest BCUT2D eigenvalue weighted by atomic mass is 16.6. The number of aliphatic hydroxyl groups excluding tert-OH is 1. The van der Waals surface area contributed by atoms with Crippen molar-refractivity contribution < 1.29 is 19.7 Å². The van der Waals surface area contributed by atoms with Crippen molar-refractivity contribution in [3.63, 3.8) is 0 Å². The molecule has 2 N–H and O–H groups in total. The first-order valence-corrected chi connectivity index (χ1v) is 7.13. The van der Waals surface area contributed by atoms with E-state index in [0.717, 1.165) is 12.8 Å². The maximum absolute atomic E-state index is 11.7. The topological polar surface area (TPSA) is 66.8 Å². The Labute approximate surface area is 113 Å². The van der Waals surface area contributed by atoms with Gasteiger partial charge in [0.15, 0.2) is 0 Å². The van der Waals surface area contributed by atoms with E-state index in [1.54, 1.807) is 6.92 Å². The number of hydrogen-bond acceptors (Lipinski definition) is 4. The molecule has 4 heteroatoms. The Kier molecular flexibility index (Phi) is 2.64. The van der Waals surface area contributed by atoms with Gasteiger partial charge in [0.1, 0.15) is 6.10 Å². The molecule has 1 heterocycles. The summed E-state index contributed by atoms with van der Waals surface area (Å²) in [6.07, 6.45) is 1.82. The van der Waals surface area contributed by atoms with E-state index in [1.807, 2.05) is 6.92 Å². The predicted octanol–water partition coefficient (Wildman–Crippen LogP) is 1.55. The van der Waals surface area contributed by atoms with Gasteiger partial charge in [-0.05, 0) is 25.7 Å². The van der Waals surface area contributed by atoms with Gasteiger partial charge in [-0.15, -0.1) is 0 Å². The Morgan fingerprint density at radius 2 is 2.11 bits per heavy atom. The number of hydrogen-bond donors (Lipinski definition) is 2. The summed E-state index contributed by atoms with van der Waals surface area (Å²) in [6.45, 7) is 5.75. The van der Waals surface area contributed by atoms with E-state index in [4.69, 9.17) is 4.74 Å². The van der Waals surface area contributed by atoms with Crippen molar-refractivity contribution in [2.75, 3.05) is 0 Å². The van der Waals surface area contributed by atoms with Crippen LogP contribution in [0.15, 0.2) is 11.1 Å². The SMILES string of the molecule is CC1=C2C(CC3(O)CCCC(C)C3(C)C2O)OC1=O. The van der Waals surface area contributed by atoms with Crippen molar-refractivity contribution in [3.8, 4) is 0 Å². The molecule has 2 aliphatic carbocycles. The van der Waals surface area contributed by atoms with Crippen LogP contribution in [0.2, 0.25) is 0 Å². The van der Waals surface area contributed by atoms with Crippen molar-refractivity contribution in [2.45, 2.75) is 64.3 Å². The summed E-state index contributed by atoms with van der Waals surface area (Å²) < 4.78 is 5.31. The number of fused-ring (bicyclic) bond motifs is 2. The van der Waals surface area contributed by atoms with E-state index in [0.29, 0.717) is 24.0 Å². The maximum Gasteiger partial charge on any atom is 0.334 e. The minimum absolute atomic E-state index is 0.221. The molecule has 0 amide bonds. The molecule has 19 heavy (non-hydrogen) atoms. The molecule has 0 aromatic carbocycles. The minimum atomic E-state index is -0.941. The van der Waals surface area contributed by atoms with Gasteiger partial charge < -0.3 is 14.9 Å². The van der Waals surface area contributed by atoms with Crippen molar-refractivity contribution >= 4 is 5.97 Å². The Hall–Kier alpha value is -0.870. The second-order valence-corrected chi connectivity index (χ2v) is 6.69. The predicted molar refractivity (Wildman–Crippen MR) is 69.3 cm³/mol. The summed E-state index contributed by atoms with van der Waals surface area (Å²) in [5.74, 6) is -0.129. The van der Waals surface area contributed by atoms with Gasteiger partial charge >= 0.3 is 5.97 Å². The fourth-order valence-corrected chi connectivity index (χ4v) is 4.38. The first kappa shape index (κ1) is 13.1. The summed E-state index contributed by atoms with van der Waals surface area (Å²) in [5.41, 5.74) is -0.306. The largest absolute Gasteiger partial charge is 0.454 e. The maximum atomic E-state index is 11.7. The van der Waals surface area contributed by atoms with E-state index < -0.39 is 23.2 Å². The zero-order valence-electron chi connectivity index (χ0n) is 11.8. The number of rotatable bonds is 0. The molecule has 2 saturated carbocycles. The molecule has 5 unspecified atom stereocenters. The molecule has 2 fully saturated rings. The lowest BCUT2D eigenvalue weighted by molar-refractivity contribution is -0.208. The van der Waals surface area contributed by atoms with Gasteiger partial charge in [0.25, 0.3) is 0 Å². The van der Waals surface area contributed by atoms with Gasteiger partial charge in [-0.3, -0.25) is 0 Å². The van der Waals surface area contributed by atoms with Crippen molar-refractivity contribution in [2.24, 2.45) is 11.3 Å². The molecule has 0 radical (unpaired) electrons. The molecule has 5 atom stereocenters. The normalized spacial score (nSPS) is 49.7. The van der Waals surface area contributed by atoms with Crippen molar-refractivity contribution in [1.29, 1.82) is 0 Å². The van der Waals surface area contributed by atoms with E-state index in [2.05, 4.69) is 6.92 Å². The van der Waals surface area contributed by atoms with Gasteiger partial charge in [-0.2, -0.15) is 0 Å². The standard InChI is InChI=1S/C15H22O4/c1-8-5-4-6-15(18)7-10-11(9(2)13(17)19-10)12(16)14(8,15)3/h8,10,12,16,18H,4-7H2,1-3H3. The molecular weight excluding hydrogens is 244 g/mol. The summed E-state index contributed by atoms with van der Waals surface area (Å²) in [6, 6.07) is 0. The lowest BCUT2D eigenvalue weighted by atomic mass is 9.50. The summed E-state index contributed by atoms with van der Waals surface area (Å²) >= 11 is 0. The zero-order valence-corrected chi connectivity index (χ0v) is 11.8. The molecular formula is C15H22O4. The number of esters is 1. The van der Waals surface area contributed by atoms with Gasteiger partial charge in [0.05, 0.1) is 11.7 Å². The fraction of sp³-hybridized carbons (Fsp3) is 0.800. The number of carbonyl (C=O) groups excluding carboxylic acids is 1. The van der Waals surface area contributed by atoms with Gasteiger partial charge in [-0.25, -0.2) is 4.79 Å². The lowest BCUT2D eigenvalue weighted by Gasteiger charge is -2.58. The van der Waals surface area contributed by atoms with Crippen LogP contribution in [0.1, 0.15) is 46.5 Å². The van der Waals surface area contributed by atoms with Crippen LogP contribution in [0.3, 0.4) is 0 Å². The van der Waals surface area contributed by atoms with Gasteiger partial charge in [0, 0.05) is 23.0 Å². The monoisotopic (exact) mass is 266 g/mol. The Balaban J connectivity index is 2.11. The highest BCUT2D eigenvalue weighted by molar-refractivity contribution is 5.92. The molecule has 4 nitrogen and oxygen atoms in total. The van der Waals surface area contributed by atoms with Gasteiger partial charge in [-0.1, -0.05) is 20.3 Å². The molecule has 1 aliphatic heterocycles. The summed E-state index contributed by atoms with van der Waals surface area (Å²) in [5, 5.41) is 21.8. The first-order chi connectivity index (χ1) is 8.81. The third-order valence-corrected chi connectivity index (χ3v) is 5.97. The lowest BCUT2D eigenvalue weighted by Crippen LogP contribution is -2.64. The highest BCUT2D eigenvalue weighted by Gasteiger charge is 2.63. The van der Waals surface area contributed by atoms with Crippen molar-refractivity contribution in [1.82, 2.24) is 0 Å². The van der Waals surface area contributed by atoms with E-state index in [-0.39, 0.29) is 11.9 Å². The molecule has 0 aromatic rings. The van der Waals surface area contributed by atoms with Gasteiger partial charge in [0.2, 0.25) is 0 Å². The van der Waals surface area contributed by atoms with Crippen LogP contribution in [0.4, 0.5) is 0 Å². The van der Waals surface area contributed by atoms with Crippen molar-refractivity contribution in [3.05, 3.63) is 11.1 Å². The minimum Gasteiger partial charge on any atom is -0.454 e. The number of carbonyl (C=O) groups is 1. The molecule has 0 aromatic heterocycles. The van der Waals surface area contributed by atoms with Crippen LogP contribution in [0.5, 0.6) is 0 Å². The van der Waals surface area contributed by atoms with Crippen LogP contribution in [-0.2, 0) is 9.53 Å². The smallest absolute Gasteiger partial charge is 0.334 e. The molecule has 106 valence electrons. The molecule has 3 aliphatic rings. The zero-order chi connectivity index (χ0) is 14.0. The third-order valence-electron chi connectivity index (χ3n) is 5.97. The first-order valence-electron chi connectivity index (χ1n) is 7.13. The summed E-state index contributed by atoms with van der Waals surface area (Å²) in [4.78, 5) is 11.7. The van der Waals surface area contributed by atoms with Crippen LogP contribution in [0, 0.1) is 11.3 Å². The van der Waals surface area contributed by atoms with E-state index in [1.165, 1.54) is 0 Å². The number of aliphatic hydroxyl groups is 2. The molecule has 0 saturated heterocycles. The Bertz CT molecular complexity index is 469. The Morgan fingerprint density at radius 3 is 2.79 bits per heavy atom. The average molecular weight is 266 g/mol. The fourth-order valence-electron chi connectivity index (χ4n) is 4.38. The summed E-state index contributed by atoms with van der Waals surface area (Å²) in [7, 11) is 0. The third kappa shape index (κ3) is 1.44. The molecule has 3 rings (SSSR count).